The molecule has 0 aliphatic carbocycles. The van der Waals surface area contributed by atoms with Crippen LogP contribution in [0.5, 0.6) is 5.75 Å². The second-order valence-electron chi connectivity index (χ2n) is 9.93. The molecule has 0 radical (unpaired) electrons. The van der Waals surface area contributed by atoms with Gasteiger partial charge in [0.25, 0.3) is 0 Å². The molecule has 0 saturated carbocycles. The third kappa shape index (κ3) is 8.06. The lowest BCUT2D eigenvalue weighted by molar-refractivity contribution is 0.292. The molecule has 0 fully saturated rings. The van der Waals surface area contributed by atoms with Gasteiger partial charge in [-0.15, -0.1) is 7.77 Å². The van der Waals surface area contributed by atoms with Crippen molar-refractivity contribution in [2.75, 3.05) is 36.5 Å². The number of anilines is 1. The Bertz CT molecular complexity index is 1820. The molecular formula is C27H34F3N7O5S2. The van der Waals surface area contributed by atoms with Crippen LogP contribution >= 0.6 is 0 Å². The van der Waals surface area contributed by atoms with Crippen LogP contribution in [0.4, 0.5) is 18.1 Å². The summed E-state index contributed by atoms with van der Waals surface area (Å²) < 4.78 is 94.7. The van der Waals surface area contributed by atoms with E-state index in [0.29, 0.717) is 52.9 Å². The van der Waals surface area contributed by atoms with Gasteiger partial charge in [0.1, 0.15) is 11.6 Å². The first-order valence-corrected chi connectivity index (χ1v) is 17.0. The first-order chi connectivity index (χ1) is 20.8. The third-order valence-electron chi connectivity index (χ3n) is 6.87. The highest BCUT2D eigenvalue weighted by Gasteiger charge is 2.22. The Balaban J connectivity index is 0.00000216. The smallest absolute Gasteiger partial charge is 0.303 e. The Morgan fingerprint density at radius 1 is 1.09 bits per heavy atom. The van der Waals surface area contributed by atoms with E-state index in [1.807, 2.05) is 26.8 Å². The second-order valence-corrected chi connectivity index (χ2v) is 12.9. The van der Waals surface area contributed by atoms with Crippen LogP contribution in [0.1, 0.15) is 36.4 Å². The standard InChI is InChI=1S/C25H28F3N7O5S2.C2H6/c1-16-11-22(33(2)32-16)20-13-30-25(29-12-19-18-5-8-40-23(18)4-3-21(19)26)35-15-17(31-24(20)35)14-34(6-9-41(27,36)37)7-10-42(28,38)39;1-2/h3-4,11,13,15H,5-10,12,14H2,1-2H3,(H,29,30);1-2H3. The molecule has 0 unspecified atom stereocenters. The minimum absolute atomic E-state index is 0.0903. The van der Waals surface area contributed by atoms with Gasteiger partial charge in [0.15, 0.2) is 5.65 Å². The Morgan fingerprint density at radius 2 is 1.77 bits per heavy atom. The molecule has 5 rings (SSSR count). The number of hydrogen-bond acceptors (Lipinski definition) is 10. The van der Waals surface area contributed by atoms with Crippen LogP contribution in [0.15, 0.2) is 30.6 Å². The number of fused-ring (bicyclic) bond motifs is 2. The van der Waals surface area contributed by atoms with E-state index in [1.54, 1.807) is 34.6 Å². The van der Waals surface area contributed by atoms with Crippen molar-refractivity contribution in [1.29, 1.82) is 0 Å². The van der Waals surface area contributed by atoms with Gasteiger partial charge in [0.05, 0.1) is 40.8 Å². The van der Waals surface area contributed by atoms with E-state index in [9.17, 15) is 29.0 Å². The van der Waals surface area contributed by atoms with Crippen molar-refractivity contribution in [3.63, 3.8) is 0 Å². The minimum atomic E-state index is -4.86. The maximum Gasteiger partial charge on any atom is 0.303 e. The third-order valence-corrected chi connectivity index (χ3v) is 8.21. The van der Waals surface area contributed by atoms with Crippen molar-refractivity contribution < 1.29 is 33.7 Å². The average Bonchev–Trinajstić information content (AvgIpc) is 3.68. The summed E-state index contributed by atoms with van der Waals surface area (Å²) in [6.07, 6.45) is 3.75. The first kappa shape index (κ1) is 33.2. The Morgan fingerprint density at radius 3 is 2.39 bits per heavy atom. The zero-order chi connectivity index (χ0) is 32.2. The predicted octanol–water partition coefficient (Wildman–Crippen LogP) is 3.55. The molecule has 4 aromatic rings. The van der Waals surface area contributed by atoms with E-state index in [1.165, 1.54) is 11.0 Å². The van der Waals surface area contributed by atoms with Gasteiger partial charge in [0.2, 0.25) is 5.95 Å². The molecule has 0 saturated heterocycles. The lowest BCUT2D eigenvalue weighted by Crippen LogP contribution is -2.32. The first-order valence-electron chi connectivity index (χ1n) is 13.9. The fourth-order valence-corrected chi connectivity index (χ4v) is 5.88. The number of imidazole rings is 1. The number of hydrogen-bond donors (Lipinski definition) is 1. The highest BCUT2D eigenvalue weighted by Crippen LogP contribution is 2.31. The summed E-state index contributed by atoms with van der Waals surface area (Å²) in [5, 5.41) is 7.53. The molecule has 44 heavy (non-hydrogen) atoms. The van der Waals surface area contributed by atoms with Crippen LogP contribution in [-0.4, -0.2) is 77.1 Å². The zero-order valence-electron chi connectivity index (χ0n) is 24.7. The number of nitrogens with zero attached hydrogens (tertiary/aromatic N) is 6. The quantitative estimate of drug-likeness (QED) is 0.225. The summed E-state index contributed by atoms with van der Waals surface area (Å²) in [5.41, 5.74) is 4.02. The molecule has 1 N–H and O–H groups in total. The van der Waals surface area contributed by atoms with Crippen molar-refractivity contribution >= 4 is 32.0 Å². The SMILES string of the molecule is CC.Cc1cc(-c2cnc(NCc3c(F)ccc4c3CCO4)n3cc(CN(CCS(=O)(=O)F)CCS(=O)(=O)F)nc23)n(C)n1. The van der Waals surface area contributed by atoms with Crippen LogP contribution < -0.4 is 10.1 Å². The highest BCUT2D eigenvalue weighted by atomic mass is 32.3. The van der Waals surface area contributed by atoms with E-state index in [4.69, 9.17) is 4.74 Å². The van der Waals surface area contributed by atoms with Crippen LogP contribution in [0.3, 0.4) is 0 Å². The minimum Gasteiger partial charge on any atom is -0.493 e. The summed E-state index contributed by atoms with van der Waals surface area (Å²) >= 11 is 0. The average molecular weight is 658 g/mol. The normalized spacial score (nSPS) is 13.1. The number of benzene rings is 1. The Labute approximate surface area is 254 Å². The number of nitrogens with one attached hydrogen (secondary N) is 1. The largest absolute Gasteiger partial charge is 0.493 e. The van der Waals surface area contributed by atoms with Gasteiger partial charge in [-0.3, -0.25) is 14.0 Å². The number of aryl methyl sites for hydroxylation is 2. The van der Waals surface area contributed by atoms with Crippen molar-refractivity contribution in [2.24, 2.45) is 7.05 Å². The topological polar surface area (TPSA) is 141 Å². The number of ether oxygens (including phenoxy) is 1. The van der Waals surface area contributed by atoms with E-state index in [0.717, 1.165) is 11.3 Å². The molecule has 0 bridgehead atoms. The molecule has 0 spiro atoms. The maximum absolute atomic E-state index is 14.8. The highest BCUT2D eigenvalue weighted by molar-refractivity contribution is 7.86. The molecule has 1 aromatic carbocycles. The fourth-order valence-electron chi connectivity index (χ4n) is 4.93. The Kier molecular flexibility index (Phi) is 10.2. The van der Waals surface area contributed by atoms with Crippen molar-refractivity contribution in [3.05, 3.63) is 58.9 Å². The van der Waals surface area contributed by atoms with Gasteiger partial charge >= 0.3 is 20.4 Å². The summed E-state index contributed by atoms with van der Waals surface area (Å²) in [5.74, 6) is -1.26. The van der Waals surface area contributed by atoms with Gasteiger partial charge in [-0.1, -0.05) is 13.8 Å². The fraction of sp³-hybridized carbons (Fsp3) is 0.444. The van der Waals surface area contributed by atoms with Gasteiger partial charge in [-0.2, -0.15) is 21.9 Å². The molecule has 3 aromatic heterocycles. The van der Waals surface area contributed by atoms with E-state index >= 15 is 0 Å². The lowest BCUT2D eigenvalue weighted by Gasteiger charge is -2.19. The van der Waals surface area contributed by atoms with E-state index < -0.39 is 37.8 Å². The van der Waals surface area contributed by atoms with E-state index in [2.05, 4.69) is 20.4 Å². The number of halogens is 3. The van der Waals surface area contributed by atoms with Crippen LogP contribution in [0.2, 0.25) is 0 Å². The molecule has 0 amide bonds. The second kappa shape index (κ2) is 13.5. The maximum atomic E-state index is 14.8. The van der Waals surface area contributed by atoms with Gasteiger partial charge in [0, 0.05) is 63.2 Å². The summed E-state index contributed by atoms with van der Waals surface area (Å²) in [4.78, 5) is 10.5. The lowest BCUT2D eigenvalue weighted by atomic mass is 10.0. The monoisotopic (exact) mass is 657 g/mol. The van der Waals surface area contributed by atoms with Crippen LogP contribution in [0, 0.1) is 12.7 Å². The molecule has 4 heterocycles. The molecule has 0 atom stereocenters. The molecular weight excluding hydrogens is 623 g/mol. The molecule has 240 valence electrons. The van der Waals surface area contributed by atoms with Crippen molar-refractivity contribution in [3.8, 4) is 17.0 Å². The molecule has 1 aliphatic heterocycles. The van der Waals surface area contributed by atoms with Crippen LogP contribution in [-0.2, 0) is 47.0 Å². The summed E-state index contributed by atoms with van der Waals surface area (Å²) in [7, 11) is -7.97. The van der Waals surface area contributed by atoms with E-state index in [-0.39, 0.29) is 26.2 Å². The summed E-state index contributed by atoms with van der Waals surface area (Å²) in [6.45, 7) is 5.48. The van der Waals surface area contributed by atoms with Gasteiger partial charge in [-0.25, -0.2) is 14.4 Å². The number of rotatable bonds is 12. The van der Waals surface area contributed by atoms with Gasteiger partial charge in [-0.05, 0) is 25.1 Å². The molecule has 1 aliphatic rings. The van der Waals surface area contributed by atoms with Crippen molar-refractivity contribution in [2.45, 2.75) is 40.3 Å². The van der Waals surface area contributed by atoms with Crippen LogP contribution in [0.25, 0.3) is 16.9 Å². The predicted molar refractivity (Wildman–Crippen MR) is 159 cm³/mol. The molecule has 17 heteroatoms. The Hall–Kier alpha value is -3.70. The number of aromatic nitrogens is 5. The summed E-state index contributed by atoms with van der Waals surface area (Å²) in [6, 6.07) is 4.78. The van der Waals surface area contributed by atoms with Gasteiger partial charge < -0.3 is 10.1 Å². The zero-order valence-corrected chi connectivity index (χ0v) is 26.4. The molecule has 12 nitrogen and oxygen atoms in total. The van der Waals surface area contributed by atoms with Crippen molar-refractivity contribution in [1.82, 2.24) is 29.0 Å².